The Morgan fingerprint density at radius 2 is 1.67 bits per heavy atom. The topological polar surface area (TPSA) is 17.1 Å². The van der Waals surface area contributed by atoms with Gasteiger partial charge in [-0.25, -0.2) is 0 Å². The minimum Gasteiger partial charge on any atom is -0.298 e. The van der Waals surface area contributed by atoms with E-state index in [0.29, 0.717) is 0 Å². The van der Waals surface area contributed by atoms with Crippen LogP contribution < -0.4 is 0 Å². The molecular weight excluding hydrogens is 148 g/mol. The van der Waals surface area contributed by atoms with Gasteiger partial charge in [-0.05, 0) is 13.8 Å². The molecule has 0 bridgehead atoms. The summed E-state index contributed by atoms with van der Waals surface area (Å²) in [5.74, 6) is 0. The summed E-state index contributed by atoms with van der Waals surface area (Å²) in [6.07, 6.45) is 2.60. The van der Waals surface area contributed by atoms with Gasteiger partial charge in [-0.1, -0.05) is 35.9 Å². The molecule has 0 N–H and O–H groups in total. The summed E-state index contributed by atoms with van der Waals surface area (Å²) in [6, 6.07) is 7.46. The number of hydrogen-bond acceptors (Lipinski definition) is 1. The van der Waals surface area contributed by atoms with Crippen molar-refractivity contribution in [3.05, 3.63) is 48.0 Å². The minimum absolute atomic E-state index is 0.737. The highest BCUT2D eigenvalue weighted by atomic mass is 16.1. The molecule has 0 heterocycles. The maximum Gasteiger partial charge on any atom is 0.150 e. The normalized spacial score (nSPS) is 7.83. The molecule has 0 aliphatic heterocycles. The molecule has 1 nitrogen and oxygen atoms in total. The smallest absolute Gasteiger partial charge is 0.150 e. The molecule has 1 rings (SSSR count). The Hall–Kier alpha value is -1.37. The lowest BCUT2D eigenvalue weighted by Crippen LogP contribution is -1.77. The molecule has 0 amide bonds. The Kier molecular flexibility index (Phi) is 5.62. The van der Waals surface area contributed by atoms with Crippen molar-refractivity contribution in [1.82, 2.24) is 0 Å². The van der Waals surface area contributed by atoms with Crippen molar-refractivity contribution >= 4 is 6.29 Å². The second-order valence-electron chi connectivity index (χ2n) is 2.44. The van der Waals surface area contributed by atoms with Crippen LogP contribution >= 0.6 is 0 Å². The lowest BCUT2D eigenvalue weighted by atomic mass is 10.2. The van der Waals surface area contributed by atoms with Crippen molar-refractivity contribution in [2.45, 2.75) is 13.8 Å². The molecule has 0 aromatic heterocycles. The molecule has 0 unspecified atom stereocenters. The van der Waals surface area contributed by atoms with E-state index in [4.69, 9.17) is 0 Å². The Morgan fingerprint density at radius 3 is 2.00 bits per heavy atom. The van der Waals surface area contributed by atoms with Gasteiger partial charge in [-0.2, -0.15) is 0 Å². The first-order valence-electron chi connectivity index (χ1n) is 3.83. The van der Waals surface area contributed by atoms with Crippen LogP contribution in [0.2, 0.25) is 0 Å². The van der Waals surface area contributed by atoms with Crippen molar-refractivity contribution < 1.29 is 4.79 Å². The molecule has 0 atom stereocenters. The molecule has 0 radical (unpaired) electrons. The van der Waals surface area contributed by atoms with Crippen LogP contribution in [0.15, 0.2) is 36.9 Å². The van der Waals surface area contributed by atoms with Gasteiger partial charge in [-0.3, -0.25) is 4.79 Å². The highest BCUT2D eigenvalue weighted by Gasteiger charge is 1.85. The molecular formula is C11H14O. The van der Waals surface area contributed by atoms with E-state index in [9.17, 15) is 4.79 Å². The second-order valence-corrected chi connectivity index (χ2v) is 2.44. The molecule has 1 heteroatoms. The Bertz CT molecular complexity index is 234. The average Bonchev–Trinajstić information content (AvgIpc) is 2.07. The van der Waals surface area contributed by atoms with Gasteiger partial charge < -0.3 is 0 Å². The number of allylic oxidation sites excluding steroid dienone is 1. The fraction of sp³-hybridized carbons (Fsp3) is 0.182. The number of aryl methyl sites for hydroxylation is 1. The maximum absolute atomic E-state index is 10.1. The van der Waals surface area contributed by atoms with Gasteiger partial charge in [0.15, 0.2) is 0 Å². The first-order chi connectivity index (χ1) is 5.74. The third-order valence-electron chi connectivity index (χ3n) is 1.21. The average molecular weight is 162 g/mol. The van der Waals surface area contributed by atoms with Crippen LogP contribution in [0.1, 0.15) is 22.8 Å². The van der Waals surface area contributed by atoms with E-state index in [1.54, 1.807) is 6.08 Å². The summed E-state index contributed by atoms with van der Waals surface area (Å²) >= 11 is 0. The predicted octanol–water partition coefficient (Wildman–Crippen LogP) is 3.00. The van der Waals surface area contributed by atoms with E-state index < -0.39 is 0 Å². The van der Waals surface area contributed by atoms with E-state index in [1.807, 2.05) is 38.1 Å². The summed E-state index contributed by atoms with van der Waals surface area (Å²) in [5.41, 5.74) is 1.92. The zero-order valence-electron chi connectivity index (χ0n) is 7.58. The third kappa shape index (κ3) is 4.45. The molecule has 0 aliphatic carbocycles. The molecule has 0 fully saturated rings. The first-order valence-corrected chi connectivity index (χ1v) is 3.83. The van der Waals surface area contributed by atoms with Gasteiger partial charge in [0.05, 0.1) is 0 Å². The lowest BCUT2D eigenvalue weighted by Gasteiger charge is -1.89. The van der Waals surface area contributed by atoms with Gasteiger partial charge in [0.2, 0.25) is 0 Å². The maximum atomic E-state index is 10.1. The highest BCUT2D eigenvalue weighted by molar-refractivity contribution is 5.74. The molecule has 1 aromatic rings. The van der Waals surface area contributed by atoms with Crippen LogP contribution in [-0.4, -0.2) is 6.29 Å². The van der Waals surface area contributed by atoms with Crippen molar-refractivity contribution in [3.8, 4) is 0 Å². The van der Waals surface area contributed by atoms with Crippen molar-refractivity contribution in [2.75, 3.05) is 0 Å². The van der Waals surface area contributed by atoms with Crippen LogP contribution in [0.3, 0.4) is 0 Å². The Labute approximate surface area is 73.7 Å². The summed E-state index contributed by atoms with van der Waals surface area (Å²) in [6.45, 7) is 7.24. The summed E-state index contributed by atoms with van der Waals surface area (Å²) in [4.78, 5) is 10.1. The van der Waals surface area contributed by atoms with Crippen LogP contribution in [-0.2, 0) is 0 Å². The van der Waals surface area contributed by atoms with Gasteiger partial charge in [0, 0.05) is 5.56 Å². The van der Waals surface area contributed by atoms with E-state index >= 15 is 0 Å². The Morgan fingerprint density at radius 1 is 1.25 bits per heavy atom. The summed E-state index contributed by atoms with van der Waals surface area (Å²) in [5, 5.41) is 0. The molecule has 1 aromatic carbocycles. The van der Waals surface area contributed by atoms with Crippen molar-refractivity contribution in [2.24, 2.45) is 0 Å². The van der Waals surface area contributed by atoms with Crippen LogP contribution in [0.4, 0.5) is 0 Å². The van der Waals surface area contributed by atoms with Crippen molar-refractivity contribution in [1.29, 1.82) is 0 Å². The van der Waals surface area contributed by atoms with Crippen molar-refractivity contribution in [3.63, 3.8) is 0 Å². The van der Waals surface area contributed by atoms with Gasteiger partial charge >= 0.3 is 0 Å². The Balaban J connectivity index is 0.000000354. The van der Waals surface area contributed by atoms with E-state index in [-0.39, 0.29) is 0 Å². The molecule has 12 heavy (non-hydrogen) atoms. The fourth-order valence-electron chi connectivity index (χ4n) is 0.645. The van der Waals surface area contributed by atoms with E-state index in [1.165, 1.54) is 5.56 Å². The zero-order valence-corrected chi connectivity index (χ0v) is 7.58. The SMILES string of the molecule is C=CC.Cc1ccc(C=O)cc1. The van der Waals surface area contributed by atoms with Gasteiger partial charge in [0.1, 0.15) is 6.29 Å². The quantitative estimate of drug-likeness (QED) is 0.458. The van der Waals surface area contributed by atoms with E-state index in [2.05, 4.69) is 6.58 Å². The van der Waals surface area contributed by atoms with E-state index in [0.717, 1.165) is 11.8 Å². The number of rotatable bonds is 1. The number of carbonyl (C=O) groups is 1. The number of hydrogen-bond donors (Lipinski definition) is 0. The molecule has 0 spiro atoms. The standard InChI is InChI=1S/C8H8O.C3H6/c1-7-2-4-8(6-9)5-3-7;1-3-2/h2-6H,1H3;3H,1H2,2H3. The number of carbonyl (C=O) groups excluding carboxylic acids is 1. The molecule has 64 valence electrons. The summed E-state index contributed by atoms with van der Waals surface area (Å²) < 4.78 is 0. The molecule has 0 saturated heterocycles. The monoisotopic (exact) mass is 162 g/mol. The van der Waals surface area contributed by atoms with Gasteiger partial charge in [0.25, 0.3) is 0 Å². The predicted molar refractivity (Wildman–Crippen MR) is 52.4 cm³/mol. The van der Waals surface area contributed by atoms with Crippen LogP contribution in [0.25, 0.3) is 0 Å². The fourth-order valence-corrected chi connectivity index (χ4v) is 0.645. The van der Waals surface area contributed by atoms with Crippen LogP contribution in [0.5, 0.6) is 0 Å². The highest BCUT2D eigenvalue weighted by Crippen LogP contribution is 1.98. The minimum atomic E-state index is 0.737. The second kappa shape index (κ2) is 6.35. The lowest BCUT2D eigenvalue weighted by molar-refractivity contribution is 0.112. The largest absolute Gasteiger partial charge is 0.298 e. The number of aldehydes is 1. The first kappa shape index (κ1) is 10.6. The third-order valence-corrected chi connectivity index (χ3v) is 1.21. The molecule has 0 aliphatic rings. The summed E-state index contributed by atoms with van der Waals surface area (Å²) in [7, 11) is 0. The number of benzene rings is 1. The van der Waals surface area contributed by atoms with Crippen LogP contribution in [0, 0.1) is 6.92 Å². The zero-order chi connectivity index (χ0) is 9.40. The van der Waals surface area contributed by atoms with Gasteiger partial charge in [-0.15, -0.1) is 6.58 Å². The molecule has 0 saturated carbocycles.